The minimum absolute atomic E-state index is 0.0560. The quantitative estimate of drug-likeness (QED) is 0.611. The molecule has 7 nitrogen and oxygen atoms in total. The van der Waals surface area contributed by atoms with Crippen LogP contribution in [0.25, 0.3) is 0 Å². The van der Waals surface area contributed by atoms with Crippen molar-refractivity contribution in [3.8, 4) is 0 Å². The molecule has 0 saturated carbocycles. The summed E-state index contributed by atoms with van der Waals surface area (Å²) in [6.45, 7) is -0.0560. The Kier molecular flexibility index (Phi) is 3.16. The van der Waals surface area contributed by atoms with Crippen LogP contribution in [0.3, 0.4) is 0 Å². The van der Waals surface area contributed by atoms with Crippen LogP contribution >= 0.6 is 0 Å². The van der Waals surface area contributed by atoms with E-state index in [-0.39, 0.29) is 23.8 Å². The van der Waals surface area contributed by atoms with E-state index in [9.17, 15) is 9.59 Å². The normalized spacial score (nSPS) is 9.57. The molecule has 1 aromatic heterocycles. The van der Waals surface area contributed by atoms with Crippen molar-refractivity contribution in [2.24, 2.45) is 0 Å². The van der Waals surface area contributed by atoms with Gasteiger partial charge < -0.3 is 10.6 Å². The maximum absolute atomic E-state index is 11.5. The molecule has 14 heavy (non-hydrogen) atoms. The van der Waals surface area contributed by atoms with E-state index in [2.05, 4.69) is 20.8 Å². The zero-order valence-corrected chi connectivity index (χ0v) is 7.94. The molecule has 0 saturated heterocycles. The van der Waals surface area contributed by atoms with Crippen molar-refractivity contribution in [3.63, 3.8) is 0 Å². The van der Waals surface area contributed by atoms with Crippen LogP contribution in [-0.2, 0) is 11.3 Å². The lowest BCUT2D eigenvalue weighted by atomic mass is 10.5. The molecule has 0 aliphatic carbocycles. The van der Waals surface area contributed by atoms with E-state index in [1.54, 1.807) is 7.05 Å². The smallest absolute Gasteiger partial charge is 0.296 e. The second-order valence-electron chi connectivity index (χ2n) is 2.54. The van der Waals surface area contributed by atoms with Crippen LogP contribution in [0.5, 0.6) is 0 Å². The molecule has 0 bridgehead atoms. The SMILES string of the molecule is CNC(=O)Cn1cnnc(NC)c1=O. The van der Waals surface area contributed by atoms with Gasteiger partial charge in [-0.25, -0.2) is 0 Å². The summed E-state index contributed by atoms with van der Waals surface area (Å²) in [4.78, 5) is 22.5. The number of hydrogen-bond acceptors (Lipinski definition) is 5. The fourth-order valence-corrected chi connectivity index (χ4v) is 0.880. The number of carbonyl (C=O) groups is 1. The number of hydrogen-bond donors (Lipinski definition) is 2. The lowest BCUT2D eigenvalue weighted by Gasteiger charge is -2.04. The Morgan fingerprint density at radius 3 is 2.86 bits per heavy atom. The van der Waals surface area contributed by atoms with E-state index in [1.165, 1.54) is 17.9 Å². The van der Waals surface area contributed by atoms with Crippen LogP contribution in [0.1, 0.15) is 0 Å². The third-order valence-electron chi connectivity index (χ3n) is 1.64. The van der Waals surface area contributed by atoms with Crippen molar-refractivity contribution in [3.05, 3.63) is 16.7 Å². The zero-order valence-electron chi connectivity index (χ0n) is 7.94. The Hall–Kier alpha value is -1.92. The van der Waals surface area contributed by atoms with Gasteiger partial charge in [0.05, 0.1) is 0 Å². The minimum Gasteiger partial charge on any atom is -0.367 e. The van der Waals surface area contributed by atoms with E-state index in [4.69, 9.17) is 0 Å². The number of rotatable bonds is 3. The van der Waals surface area contributed by atoms with Gasteiger partial charge >= 0.3 is 0 Å². The summed E-state index contributed by atoms with van der Waals surface area (Å²) < 4.78 is 1.18. The number of nitrogens with one attached hydrogen (secondary N) is 2. The van der Waals surface area contributed by atoms with Crippen molar-refractivity contribution in [2.45, 2.75) is 6.54 Å². The van der Waals surface area contributed by atoms with Crippen LogP contribution in [0.15, 0.2) is 11.1 Å². The molecule has 0 aliphatic heterocycles. The molecule has 0 aromatic carbocycles. The van der Waals surface area contributed by atoms with Crippen molar-refractivity contribution < 1.29 is 4.79 Å². The third kappa shape index (κ3) is 2.06. The summed E-state index contributed by atoms with van der Waals surface area (Å²) in [6, 6.07) is 0. The second-order valence-corrected chi connectivity index (χ2v) is 2.54. The highest BCUT2D eigenvalue weighted by Crippen LogP contribution is 1.87. The highest BCUT2D eigenvalue weighted by molar-refractivity contribution is 5.75. The number of likely N-dealkylation sites (N-methyl/N-ethyl adjacent to an activating group) is 1. The van der Waals surface area contributed by atoms with E-state index in [1.807, 2.05) is 0 Å². The van der Waals surface area contributed by atoms with Crippen molar-refractivity contribution in [1.29, 1.82) is 0 Å². The van der Waals surface area contributed by atoms with Gasteiger partial charge in [-0.05, 0) is 0 Å². The number of carbonyl (C=O) groups excluding carboxylic acids is 1. The highest BCUT2D eigenvalue weighted by atomic mass is 16.2. The van der Waals surface area contributed by atoms with Gasteiger partial charge in [0.25, 0.3) is 5.56 Å². The van der Waals surface area contributed by atoms with Gasteiger partial charge in [-0.2, -0.15) is 0 Å². The van der Waals surface area contributed by atoms with E-state index in [0.29, 0.717) is 0 Å². The van der Waals surface area contributed by atoms with Crippen molar-refractivity contribution >= 4 is 11.7 Å². The number of aromatic nitrogens is 3. The molecule has 2 N–H and O–H groups in total. The van der Waals surface area contributed by atoms with Gasteiger partial charge in [-0.3, -0.25) is 14.2 Å². The molecular weight excluding hydrogens is 186 g/mol. The first-order chi connectivity index (χ1) is 6.69. The molecule has 0 aliphatic rings. The molecule has 1 amide bonds. The molecule has 1 heterocycles. The van der Waals surface area contributed by atoms with Crippen LogP contribution < -0.4 is 16.2 Å². The first-order valence-electron chi connectivity index (χ1n) is 3.99. The Morgan fingerprint density at radius 2 is 2.29 bits per heavy atom. The summed E-state index contributed by atoms with van der Waals surface area (Å²) in [5.41, 5.74) is -0.369. The van der Waals surface area contributed by atoms with Crippen molar-refractivity contribution in [1.82, 2.24) is 20.1 Å². The average molecular weight is 197 g/mol. The molecular formula is C7H11N5O2. The maximum Gasteiger partial charge on any atom is 0.296 e. The average Bonchev–Trinajstić information content (AvgIpc) is 2.21. The largest absolute Gasteiger partial charge is 0.367 e. The molecule has 0 fully saturated rings. The topological polar surface area (TPSA) is 88.9 Å². The Balaban J connectivity index is 2.98. The molecule has 7 heteroatoms. The summed E-state index contributed by atoms with van der Waals surface area (Å²) in [6.07, 6.45) is 1.22. The van der Waals surface area contributed by atoms with E-state index >= 15 is 0 Å². The van der Waals surface area contributed by atoms with Crippen LogP contribution in [0.4, 0.5) is 5.82 Å². The maximum atomic E-state index is 11.5. The molecule has 1 aromatic rings. The Morgan fingerprint density at radius 1 is 1.57 bits per heavy atom. The number of nitrogens with zero attached hydrogens (tertiary/aromatic N) is 3. The first-order valence-corrected chi connectivity index (χ1v) is 3.99. The Bertz CT molecular complexity index is 386. The minimum atomic E-state index is -0.369. The number of anilines is 1. The van der Waals surface area contributed by atoms with Gasteiger partial charge in [-0.15, -0.1) is 10.2 Å². The van der Waals surface area contributed by atoms with Gasteiger partial charge in [-0.1, -0.05) is 0 Å². The summed E-state index contributed by atoms with van der Waals surface area (Å²) in [5, 5.41) is 12.1. The Labute approximate surface area is 80.2 Å². The predicted octanol–water partition coefficient (Wildman–Crippen LogP) is -1.57. The fourth-order valence-electron chi connectivity index (χ4n) is 0.880. The molecule has 0 spiro atoms. The summed E-state index contributed by atoms with van der Waals surface area (Å²) >= 11 is 0. The van der Waals surface area contributed by atoms with Gasteiger partial charge in [0.2, 0.25) is 11.7 Å². The van der Waals surface area contributed by atoms with Gasteiger partial charge in [0.1, 0.15) is 12.9 Å². The molecule has 0 unspecified atom stereocenters. The standard InChI is InChI=1S/C7H11N5O2/c1-8-5(13)3-12-4-10-11-6(9-2)7(12)14/h4H,3H2,1-2H3,(H,8,13)(H,9,11). The van der Waals surface area contributed by atoms with Gasteiger partial charge in [0, 0.05) is 14.1 Å². The molecule has 1 rings (SSSR count). The predicted molar refractivity (Wildman–Crippen MR) is 49.9 cm³/mol. The van der Waals surface area contributed by atoms with E-state index < -0.39 is 0 Å². The van der Waals surface area contributed by atoms with E-state index in [0.717, 1.165) is 0 Å². The molecule has 76 valence electrons. The van der Waals surface area contributed by atoms with Crippen LogP contribution in [0, 0.1) is 0 Å². The lowest BCUT2D eigenvalue weighted by molar-refractivity contribution is -0.121. The monoisotopic (exact) mass is 197 g/mol. The zero-order chi connectivity index (χ0) is 10.6. The highest BCUT2D eigenvalue weighted by Gasteiger charge is 2.06. The van der Waals surface area contributed by atoms with Crippen LogP contribution in [-0.4, -0.2) is 34.8 Å². The number of amides is 1. The van der Waals surface area contributed by atoms with Crippen molar-refractivity contribution in [2.75, 3.05) is 19.4 Å². The molecule has 0 atom stereocenters. The van der Waals surface area contributed by atoms with Gasteiger partial charge in [0.15, 0.2) is 0 Å². The lowest BCUT2D eigenvalue weighted by Crippen LogP contribution is -2.31. The first kappa shape index (κ1) is 10.2. The summed E-state index contributed by atoms with van der Waals surface area (Å²) in [7, 11) is 3.07. The molecule has 0 radical (unpaired) electrons. The summed E-state index contributed by atoms with van der Waals surface area (Å²) in [5.74, 6) is -0.140. The van der Waals surface area contributed by atoms with Crippen LogP contribution in [0.2, 0.25) is 0 Å². The fraction of sp³-hybridized carbons (Fsp3) is 0.429. The third-order valence-corrected chi connectivity index (χ3v) is 1.64. The second kappa shape index (κ2) is 4.35.